The average Bonchev–Trinajstić information content (AvgIpc) is 2.80. The van der Waals surface area contributed by atoms with Crippen LogP contribution in [0.2, 0.25) is 0 Å². The number of amides is 1. The van der Waals surface area contributed by atoms with E-state index in [4.69, 9.17) is 0 Å². The zero-order chi connectivity index (χ0) is 19.9. The molecule has 0 saturated carbocycles. The Bertz CT molecular complexity index is 911. The summed E-state index contributed by atoms with van der Waals surface area (Å²) >= 11 is 1.68. The number of hydrogen-bond donors (Lipinski definition) is 0. The van der Waals surface area contributed by atoms with Gasteiger partial charge in [0.05, 0.1) is 11.4 Å². The van der Waals surface area contributed by atoms with Crippen LogP contribution in [0.5, 0.6) is 0 Å². The molecule has 1 fully saturated rings. The van der Waals surface area contributed by atoms with Gasteiger partial charge in [-0.15, -0.1) is 22.0 Å². The lowest BCUT2D eigenvalue weighted by molar-refractivity contribution is -0.128. The minimum atomic E-state index is 0.219. The molecule has 1 aliphatic rings. The summed E-state index contributed by atoms with van der Waals surface area (Å²) in [4.78, 5) is 16.6. The molecule has 0 spiro atoms. The van der Waals surface area contributed by atoms with Gasteiger partial charge in [0.2, 0.25) is 5.91 Å². The van der Waals surface area contributed by atoms with E-state index in [0.29, 0.717) is 5.75 Å². The summed E-state index contributed by atoms with van der Waals surface area (Å²) in [6, 6.07) is 24.4. The zero-order valence-corrected chi connectivity index (χ0v) is 17.1. The molecule has 0 atom stereocenters. The number of rotatable bonds is 6. The van der Waals surface area contributed by atoms with E-state index in [2.05, 4.69) is 27.2 Å². The van der Waals surface area contributed by atoms with Crippen LogP contribution in [0.15, 0.2) is 72.8 Å². The van der Waals surface area contributed by atoms with E-state index in [1.165, 1.54) is 5.56 Å². The minimum absolute atomic E-state index is 0.219. The van der Waals surface area contributed by atoms with Crippen molar-refractivity contribution in [2.24, 2.45) is 0 Å². The first-order valence-electron chi connectivity index (χ1n) is 9.83. The van der Waals surface area contributed by atoms with Crippen molar-refractivity contribution < 1.29 is 4.79 Å². The van der Waals surface area contributed by atoms with Crippen LogP contribution in [0.3, 0.4) is 0 Å². The molecular weight excluding hydrogens is 380 g/mol. The fourth-order valence-corrected chi connectivity index (χ4v) is 4.25. The summed E-state index contributed by atoms with van der Waals surface area (Å²) in [5, 5.41) is 8.77. The highest BCUT2D eigenvalue weighted by Gasteiger charge is 2.22. The van der Waals surface area contributed by atoms with Crippen molar-refractivity contribution >= 4 is 23.5 Å². The smallest absolute Gasteiger partial charge is 0.232 e. The number of anilines is 1. The van der Waals surface area contributed by atoms with Gasteiger partial charge in [0.1, 0.15) is 0 Å². The van der Waals surface area contributed by atoms with Crippen LogP contribution >= 0.6 is 11.8 Å². The molecule has 1 saturated heterocycles. The number of thioether (sulfide) groups is 1. The van der Waals surface area contributed by atoms with Crippen LogP contribution in [0.4, 0.5) is 5.82 Å². The zero-order valence-electron chi connectivity index (χ0n) is 16.3. The Kier molecular flexibility index (Phi) is 6.42. The monoisotopic (exact) mass is 404 g/mol. The van der Waals surface area contributed by atoms with Gasteiger partial charge in [-0.3, -0.25) is 4.79 Å². The van der Waals surface area contributed by atoms with Crippen molar-refractivity contribution in [3.8, 4) is 11.3 Å². The van der Waals surface area contributed by atoms with E-state index < -0.39 is 0 Å². The summed E-state index contributed by atoms with van der Waals surface area (Å²) in [7, 11) is 0. The lowest BCUT2D eigenvalue weighted by Gasteiger charge is -2.35. The number of carbonyl (C=O) groups excluding carboxylic acids is 1. The maximum absolute atomic E-state index is 12.5. The minimum Gasteiger partial charge on any atom is -0.352 e. The van der Waals surface area contributed by atoms with Crippen molar-refractivity contribution in [1.82, 2.24) is 15.1 Å². The van der Waals surface area contributed by atoms with Gasteiger partial charge in [-0.1, -0.05) is 60.7 Å². The van der Waals surface area contributed by atoms with Crippen LogP contribution < -0.4 is 4.90 Å². The second-order valence-electron chi connectivity index (χ2n) is 6.99. The number of hydrogen-bond acceptors (Lipinski definition) is 5. The lowest BCUT2D eigenvalue weighted by Crippen LogP contribution is -2.49. The molecule has 6 heteroatoms. The van der Waals surface area contributed by atoms with Crippen LogP contribution in [0.25, 0.3) is 11.3 Å². The predicted molar refractivity (Wildman–Crippen MR) is 119 cm³/mol. The van der Waals surface area contributed by atoms with E-state index in [1.807, 2.05) is 65.6 Å². The van der Waals surface area contributed by atoms with Crippen LogP contribution in [-0.2, 0) is 10.5 Å². The molecule has 2 heterocycles. The lowest BCUT2D eigenvalue weighted by atomic mass is 10.1. The first-order chi connectivity index (χ1) is 14.3. The molecule has 2 aromatic carbocycles. The Morgan fingerprint density at radius 2 is 1.52 bits per heavy atom. The molecule has 1 aliphatic heterocycles. The van der Waals surface area contributed by atoms with Gasteiger partial charge in [0.25, 0.3) is 0 Å². The molecule has 0 N–H and O–H groups in total. The highest BCUT2D eigenvalue weighted by molar-refractivity contribution is 7.99. The van der Waals surface area contributed by atoms with E-state index in [-0.39, 0.29) is 5.91 Å². The normalized spacial score (nSPS) is 14.1. The average molecular weight is 405 g/mol. The predicted octanol–water partition coefficient (Wildman–Crippen LogP) is 3.73. The van der Waals surface area contributed by atoms with Crippen LogP contribution in [-0.4, -0.2) is 52.9 Å². The summed E-state index contributed by atoms with van der Waals surface area (Å²) in [6.45, 7) is 3.03. The Morgan fingerprint density at radius 3 is 2.17 bits per heavy atom. The second kappa shape index (κ2) is 9.56. The number of nitrogens with zero attached hydrogens (tertiary/aromatic N) is 4. The van der Waals surface area contributed by atoms with Crippen molar-refractivity contribution in [1.29, 1.82) is 0 Å². The molecule has 29 heavy (non-hydrogen) atoms. The van der Waals surface area contributed by atoms with Crippen LogP contribution in [0.1, 0.15) is 5.56 Å². The van der Waals surface area contributed by atoms with Crippen molar-refractivity contribution in [2.45, 2.75) is 5.75 Å². The molecule has 0 aliphatic carbocycles. The molecule has 3 aromatic rings. The fraction of sp³-hybridized carbons (Fsp3) is 0.261. The third-order valence-electron chi connectivity index (χ3n) is 5.01. The first-order valence-corrected chi connectivity index (χ1v) is 11.0. The van der Waals surface area contributed by atoms with E-state index in [0.717, 1.165) is 49.0 Å². The summed E-state index contributed by atoms with van der Waals surface area (Å²) in [6.07, 6.45) is 0. The van der Waals surface area contributed by atoms with Gasteiger partial charge in [-0.25, -0.2) is 0 Å². The van der Waals surface area contributed by atoms with Gasteiger partial charge in [0.15, 0.2) is 5.82 Å². The molecule has 1 amide bonds. The van der Waals surface area contributed by atoms with Crippen LogP contribution in [0, 0.1) is 0 Å². The molecule has 0 radical (unpaired) electrons. The molecule has 148 valence electrons. The largest absolute Gasteiger partial charge is 0.352 e. The van der Waals surface area contributed by atoms with Gasteiger partial charge in [0, 0.05) is 37.5 Å². The Hall–Kier alpha value is -2.86. The third-order valence-corrected chi connectivity index (χ3v) is 6.00. The van der Waals surface area contributed by atoms with Crippen molar-refractivity contribution in [3.63, 3.8) is 0 Å². The topological polar surface area (TPSA) is 49.3 Å². The standard InChI is InChI=1S/C23H24N4OS/c28-23(18-29-17-19-7-3-1-4-8-19)27-15-13-26(14-16-27)22-12-11-21(24-25-22)20-9-5-2-6-10-20/h1-12H,13-18H2. The van der Waals surface area contributed by atoms with Crippen molar-refractivity contribution in [3.05, 3.63) is 78.4 Å². The molecule has 0 bridgehead atoms. The summed E-state index contributed by atoms with van der Waals surface area (Å²) in [5.41, 5.74) is 3.20. The second-order valence-corrected chi connectivity index (χ2v) is 7.97. The quantitative estimate of drug-likeness (QED) is 0.627. The van der Waals surface area contributed by atoms with E-state index in [9.17, 15) is 4.79 Å². The van der Waals surface area contributed by atoms with Gasteiger partial charge < -0.3 is 9.80 Å². The fourth-order valence-electron chi connectivity index (χ4n) is 3.36. The van der Waals surface area contributed by atoms with Gasteiger partial charge in [-0.2, -0.15) is 0 Å². The summed E-state index contributed by atoms with van der Waals surface area (Å²) < 4.78 is 0. The van der Waals surface area contributed by atoms with E-state index >= 15 is 0 Å². The maximum atomic E-state index is 12.5. The highest BCUT2D eigenvalue weighted by Crippen LogP contribution is 2.19. The molecule has 4 rings (SSSR count). The SMILES string of the molecule is O=C(CSCc1ccccc1)N1CCN(c2ccc(-c3ccccc3)nn2)CC1. The first kappa shape index (κ1) is 19.5. The molecule has 1 aromatic heterocycles. The number of piperazine rings is 1. The molecule has 5 nitrogen and oxygen atoms in total. The van der Waals surface area contributed by atoms with Crippen molar-refractivity contribution in [2.75, 3.05) is 36.8 Å². The van der Waals surface area contributed by atoms with Gasteiger partial charge >= 0.3 is 0 Å². The molecule has 0 unspecified atom stereocenters. The number of benzene rings is 2. The Labute approximate surface area is 175 Å². The Balaban J connectivity index is 1.25. The van der Waals surface area contributed by atoms with E-state index in [1.54, 1.807) is 11.8 Å². The maximum Gasteiger partial charge on any atom is 0.232 e. The number of aromatic nitrogens is 2. The Morgan fingerprint density at radius 1 is 0.828 bits per heavy atom. The number of carbonyl (C=O) groups is 1. The highest BCUT2D eigenvalue weighted by atomic mass is 32.2. The summed E-state index contributed by atoms with van der Waals surface area (Å²) in [5.74, 6) is 2.49. The van der Waals surface area contributed by atoms with Gasteiger partial charge in [-0.05, 0) is 17.7 Å². The molecular formula is C23H24N4OS. The third kappa shape index (κ3) is 5.15.